The molecule has 1 aliphatic rings. The van der Waals surface area contributed by atoms with E-state index in [-0.39, 0.29) is 33.1 Å². The predicted octanol–water partition coefficient (Wildman–Crippen LogP) is 10.3. The van der Waals surface area contributed by atoms with Gasteiger partial charge in [0.15, 0.2) is 17.3 Å². The number of oxime groups is 2. The van der Waals surface area contributed by atoms with E-state index in [9.17, 15) is 9.59 Å². The molecule has 0 aliphatic carbocycles. The molecular formula is C38H43Br4N7O6. The molecule has 0 saturated carbocycles. The Hall–Kier alpha value is -4.44. The molecule has 0 bridgehead atoms. The van der Waals surface area contributed by atoms with Gasteiger partial charge in [0.1, 0.15) is 0 Å². The average Bonchev–Trinajstić information content (AvgIpc) is 3.74. The van der Waals surface area contributed by atoms with Crippen LogP contribution in [0.1, 0.15) is 54.7 Å². The number of hydrogen-bond donors (Lipinski definition) is 4. The molecule has 0 spiro atoms. The maximum Gasteiger partial charge on any atom is 0.441 e. The van der Waals surface area contributed by atoms with Crippen LogP contribution in [0.25, 0.3) is 16.2 Å². The zero-order chi connectivity index (χ0) is 39.8. The number of aryl methyl sites for hydroxylation is 4. The van der Waals surface area contributed by atoms with E-state index < -0.39 is 5.76 Å². The van der Waals surface area contributed by atoms with Crippen LogP contribution < -0.4 is 17.4 Å². The van der Waals surface area contributed by atoms with Crippen molar-refractivity contribution in [2.24, 2.45) is 29.0 Å². The monoisotopic (exact) mass is 1010 g/mol. The maximum absolute atomic E-state index is 11.1. The summed E-state index contributed by atoms with van der Waals surface area (Å²) in [6.07, 6.45) is 0.259. The maximum atomic E-state index is 11.1. The molecule has 0 atom stereocenters. The predicted molar refractivity (Wildman–Crippen MR) is 232 cm³/mol. The molecule has 55 heavy (non-hydrogen) atoms. The third kappa shape index (κ3) is 15.3. The number of carbonyl (C=O) groups is 1. The number of nitrogens with zero attached hydrogens (tertiary/aromatic N) is 5. The number of halogens is 4. The molecule has 0 saturated heterocycles. The van der Waals surface area contributed by atoms with Gasteiger partial charge in [-0.15, -0.1) is 0 Å². The average molecular weight is 1010 g/mol. The van der Waals surface area contributed by atoms with Crippen LogP contribution in [0.3, 0.4) is 0 Å². The molecule has 0 fully saturated rings. The summed E-state index contributed by atoms with van der Waals surface area (Å²) in [7, 11) is 1.63. The number of benzene rings is 4. The van der Waals surface area contributed by atoms with Gasteiger partial charge >= 0.3 is 11.7 Å². The molecular weight excluding hydrogens is 970 g/mol. The minimum Gasteiger partial charge on any atom is -0.409 e. The van der Waals surface area contributed by atoms with E-state index in [4.69, 9.17) is 22.7 Å². The third-order valence-corrected chi connectivity index (χ3v) is 10.6. The Bertz CT molecular complexity index is 2210. The van der Waals surface area contributed by atoms with Crippen molar-refractivity contribution in [3.8, 4) is 11.4 Å². The number of aromatic nitrogens is 2. The van der Waals surface area contributed by atoms with Crippen LogP contribution in [-0.4, -0.2) is 37.7 Å². The van der Waals surface area contributed by atoms with E-state index in [2.05, 4.69) is 99.3 Å². The zero-order valence-corrected chi connectivity index (χ0v) is 35.4. The van der Waals surface area contributed by atoms with Gasteiger partial charge < -0.3 is 21.0 Å². The largest absolute Gasteiger partial charge is 0.441 e. The van der Waals surface area contributed by atoms with Crippen LogP contribution in [0.2, 0.25) is 0 Å². The second kappa shape index (κ2) is 24.9. The van der Waals surface area contributed by atoms with E-state index in [0.29, 0.717) is 22.8 Å². The molecule has 0 unspecified atom stereocenters. The number of rotatable bonds is 3. The third-order valence-electron chi connectivity index (χ3n) is 7.17. The van der Waals surface area contributed by atoms with Crippen molar-refractivity contribution in [1.29, 1.82) is 0 Å². The van der Waals surface area contributed by atoms with Gasteiger partial charge in [0.2, 0.25) is 0 Å². The molecule has 0 radical (unpaired) electrons. The van der Waals surface area contributed by atoms with Crippen LogP contribution >= 0.6 is 63.7 Å². The molecule has 6 N–H and O–H groups in total. The summed E-state index contributed by atoms with van der Waals surface area (Å²) < 4.78 is 9.88. The normalized spacial score (nSPS) is 11.1. The Morgan fingerprint density at radius 3 is 1.69 bits per heavy atom. The fourth-order valence-electron chi connectivity index (χ4n) is 3.97. The molecule has 13 nitrogen and oxygen atoms in total. The van der Waals surface area contributed by atoms with Gasteiger partial charge in [-0.25, -0.2) is 20.3 Å². The Kier molecular flexibility index (Phi) is 22.9. The summed E-state index contributed by atoms with van der Waals surface area (Å²) in [6.45, 7) is 14.7. The van der Waals surface area contributed by atoms with Crippen molar-refractivity contribution in [3.63, 3.8) is 0 Å². The van der Waals surface area contributed by atoms with Crippen molar-refractivity contribution >= 4 is 86.9 Å². The lowest BCUT2D eigenvalue weighted by atomic mass is 10.1. The van der Waals surface area contributed by atoms with Crippen LogP contribution in [0.5, 0.6) is 0 Å². The van der Waals surface area contributed by atoms with Crippen molar-refractivity contribution in [2.75, 3.05) is 0 Å². The van der Waals surface area contributed by atoms with Crippen LogP contribution in [-0.2, 0) is 16.7 Å². The minimum absolute atomic E-state index is 0. The van der Waals surface area contributed by atoms with Gasteiger partial charge in [-0.3, -0.25) is 9.09 Å². The van der Waals surface area contributed by atoms with Gasteiger partial charge in [-0.1, -0.05) is 143 Å². The molecule has 1 aliphatic heterocycles. The topological polar surface area (TPSA) is 196 Å². The lowest BCUT2D eigenvalue weighted by Gasteiger charge is -2.01. The number of amidine groups is 1. The molecule has 294 valence electrons. The standard InChI is InChI=1S/C10H9BrN2O2.C10H8BrNO2.C8H9BrN2O.C8H6BrN.2CH4.H3NO/c1-6-3-4-7(5-8(6)11)9-12-15-10(14)13(9)2;1-6-2-3-7(4-8(6)11)9-5-10(13)14-12-9;1-5-2-3-6(4-7(5)9)8(10)11-12;1-6-3-4-7(10-2)5-8(6)9;;;1-2/h3-5H,1-2H3;2-4H,5H2,1H3;2-4,12H,1H3,(H2,10,11);3-5H,1H3;2*1H4;2H,1H2. The van der Waals surface area contributed by atoms with Crippen molar-refractivity contribution in [2.45, 2.75) is 49.0 Å². The minimum atomic E-state index is -0.457. The number of hydrogen-bond acceptors (Lipinski definition) is 10. The summed E-state index contributed by atoms with van der Waals surface area (Å²) in [4.78, 5) is 29.7. The van der Waals surface area contributed by atoms with E-state index in [1.807, 2.05) is 94.4 Å². The fourth-order valence-corrected chi connectivity index (χ4v) is 5.47. The first-order chi connectivity index (χ1) is 25.1. The fraction of sp³-hybridized carbons (Fsp3) is 0.211. The molecule has 0 amide bonds. The Balaban J connectivity index is 0.000000694. The summed E-state index contributed by atoms with van der Waals surface area (Å²) in [5.41, 5.74) is 13.8. The summed E-state index contributed by atoms with van der Waals surface area (Å²) in [5.74, 6) is 3.40. The molecule has 6 rings (SSSR count). The van der Waals surface area contributed by atoms with E-state index >= 15 is 0 Å². The summed E-state index contributed by atoms with van der Waals surface area (Å²) in [6, 6.07) is 22.7. The van der Waals surface area contributed by atoms with E-state index in [1.165, 1.54) is 4.57 Å². The highest BCUT2D eigenvalue weighted by Gasteiger charge is 2.19. The van der Waals surface area contributed by atoms with E-state index in [1.54, 1.807) is 13.1 Å². The van der Waals surface area contributed by atoms with Crippen LogP contribution in [0.15, 0.2) is 110 Å². The van der Waals surface area contributed by atoms with Crippen molar-refractivity contribution in [1.82, 2.24) is 9.72 Å². The molecule has 2 heterocycles. The molecule has 4 aromatic carbocycles. The first-order valence-corrected chi connectivity index (χ1v) is 18.3. The quantitative estimate of drug-likeness (QED) is 0.0340. The highest BCUT2D eigenvalue weighted by Crippen LogP contribution is 2.24. The Labute approximate surface area is 354 Å². The first-order valence-electron chi connectivity index (χ1n) is 15.1. The Morgan fingerprint density at radius 1 is 0.800 bits per heavy atom. The van der Waals surface area contributed by atoms with Crippen LogP contribution in [0.4, 0.5) is 5.69 Å². The number of nitrogens with two attached hydrogens (primary N) is 2. The van der Waals surface area contributed by atoms with Gasteiger partial charge in [-0.2, -0.15) is 0 Å². The zero-order valence-electron chi connectivity index (χ0n) is 29.1. The smallest absolute Gasteiger partial charge is 0.409 e. The highest BCUT2D eigenvalue weighted by atomic mass is 79.9. The van der Waals surface area contributed by atoms with Crippen molar-refractivity contribution < 1.29 is 24.6 Å². The Morgan fingerprint density at radius 2 is 1.27 bits per heavy atom. The first kappa shape index (κ1) is 50.6. The summed E-state index contributed by atoms with van der Waals surface area (Å²) >= 11 is 13.6. The number of carbonyl (C=O) groups excluding carboxylic acids is 1. The van der Waals surface area contributed by atoms with Gasteiger partial charge in [-0.05, 0) is 74.2 Å². The SMILES string of the molecule is C.C.Cc1ccc(-c2noc(=O)n2C)cc1Br.Cc1ccc(C(N)=NO)cc1Br.Cc1ccc(C2=NOC(=O)C2)cc1Br.NO.[C-]#[N+]c1ccc(C)c(Br)c1. The van der Waals surface area contributed by atoms with Crippen LogP contribution in [0, 0.1) is 34.3 Å². The van der Waals surface area contributed by atoms with E-state index in [0.717, 1.165) is 51.3 Å². The second-order valence-electron chi connectivity index (χ2n) is 10.9. The molecule has 17 heteroatoms. The lowest BCUT2D eigenvalue weighted by Crippen LogP contribution is -2.12. The molecule has 1 aromatic heterocycles. The lowest BCUT2D eigenvalue weighted by molar-refractivity contribution is -0.140. The summed E-state index contributed by atoms with van der Waals surface area (Å²) in [5, 5.41) is 25.2. The van der Waals surface area contributed by atoms with Gasteiger partial charge in [0.25, 0.3) is 0 Å². The van der Waals surface area contributed by atoms with Gasteiger partial charge in [0, 0.05) is 41.6 Å². The van der Waals surface area contributed by atoms with Gasteiger partial charge in [0.05, 0.1) is 18.7 Å². The second-order valence-corrected chi connectivity index (χ2v) is 14.3. The molecule has 5 aromatic rings. The highest BCUT2D eigenvalue weighted by molar-refractivity contribution is 9.11. The van der Waals surface area contributed by atoms with Crippen molar-refractivity contribution in [3.05, 3.63) is 146 Å².